The number of nitrogens with zero attached hydrogens (tertiary/aromatic N) is 3. The Kier molecular flexibility index (Phi) is 5.09. The van der Waals surface area contributed by atoms with Gasteiger partial charge in [0.2, 0.25) is 0 Å². The van der Waals surface area contributed by atoms with Gasteiger partial charge in [-0.05, 0) is 31.1 Å². The van der Waals surface area contributed by atoms with Gasteiger partial charge in [0.1, 0.15) is 11.5 Å². The van der Waals surface area contributed by atoms with E-state index in [0.29, 0.717) is 11.7 Å². The summed E-state index contributed by atoms with van der Waals surface area (Å²) in [6.07, 6.45) is 2.92. The van der Waals surface area contributed by atoms with Crippen molar-refractivity contribution in [1.82, 2.24) is 14.8 Å². The highest BCUT2D eigenvalue weighted by Crippen LogP contribution is 2.18. The van der Waals surface area contributed by atoms with Gasteiger partial charge >= 0.3 is 0 Å². The third kappa shape index (κ3) is 3.35. The fourth-order valence-corrected chi connectivity index (χ4v) is 3.04. The topological polar surface area (TPSA) is 69.2 Å². The van der Waals surface area contributed by atoms with Crippen molar-refractivity contribution in [2.24, 2.45) is 5.73 Å². The monoisotopic (exact) mass is 275 g/mol. The second-order valence-corrected chi connectivity index (χ2v) is 5.32. The van der Waals surface area contributed by atoms with E-state index >= 15 is 0 Å². The van der Waals surface area contributed by atoms with Crippen molar-refractivity contribution < 1.29 is 0 Å². The van der Waals surface area contributed by atoms with Crippen molar-refractivity contribution in [3.05, 3.63) is 29.6 Å². The number of aromatic nitrogens is 1. The standard InChI is InChI=1S/C15H25N5/c1-3-20(4-2)13-7-9-19(11-13)10-12-6-5-8-18-14(12)15(16)17/h5-6,8,13H,3-4,7,9-11H2,1-2H3,(H3,16,17). The van der Waals surface area contributed by atoms with Crippen LogP contribution in [0.3, 0.4) is 0 Å². The molecule has 5 nitrogen and oxygen atoms in total. The van der Waals surface area contributed by atoms with Crippen LogP contribution >= 0.6 is 0 Å². The van der Waals surface area contributed by atoms with Crippen molar-refractivity contribution in [3.8, 4) is 0 Å². The number of pyridine rings is 1. The predicted molar refractivity (Wildman–Crippen MR) is 81.9 cm³/mol. The first-order valence-corrected chi connectivity index (χ1v) is 7.40. The highest BCUT2D eigenvalue weighted by atomic mass is 15.2. The molecule has 0 aromatic carbocycles. The molecular formula is C15H25N5. The summed E-state index contributed by atoms with van der Waals surface area (Å²) >= 11 is 0. The molecule has 1 saturated heterocycles. The van der Waals surface area contributed by atoms with Gasteiger partial charge < -0.3 is 5.73 Å². The maximum atomic E-state index is 7.61. The van der Waals surface area contributed by atoms with E-state index in [2.05, 4.69) is 28.6 Å². The molecule has 0 bridgehead atoms. The minimum absolute atomic E-state index is 0.0556. The fourth-order valence-electron chi connectivity index (χ4n) is 3.04. The van der Waals surface area contributed by atoms with Crippen LogP contribution in [-0.2, 0) is 6.54 Å². The maximum absolute atomic E-state index is 7.61. The van der Waals surface area contributed by atoms with Crippen molar-refractivity contribution >= 4 is 5.84 Å². The summed E-state index contributed by atoms with van der Waals surface area (Å²) in [5, 5.41) is 7.61. The van der Waals surface area contributed by atoms with Crippen LogP contribution in [0.5, 0.6) is 0 Å². The molecule has 3 N–H and O–H groups in total. The number of hydrogen-bond donors (Lipinski definition) is 2. The lowest BCUT2D eigenvalue weighted by Gasteiger charge is -2.26. The molecule has 1 unspecified atom stereocenters. The van der Waals surface area contributed by atoms with Gasteiger partial charge in [0.05, 0.1) is 0 Å². The van der Waals surface area contributed by atoms with Crippen LogP contribution in [0.4, 0.5) is 0 Å². The molecule has 1 aliphatic rings. The second-order valence-electron chi connectivity index (χ2n) is 5.32. The van der Waals surface area contributed by atoms with Crippen molar-refractivity contribution in [1.29, 1.82) is 5.41 Å². The first-order valence-electron chi connectivity index (χ1n) is 7.40. The summed E-state index contributed by atoms with van der Waals surface area (Å²) in [7, 11) is 0. The molecule has 2 heterocycles. The SMILES string of the molecule is CCN(CC)C1CCN(Cc2cccnc2C(=N)N)C1. The van der Waals surface area contributed by atoms with E-state index in [9.17, 15) is 0 Å². The lowest BCUT2D eigenvalue weighted by Crippen LogP contribution is -2.37. The lowest BCUT2D eigenvalue weighted by atomic mass is 10.1. The minimum Gasteiger partial charge on any atom is -0.382 e. The number of likely N-dealkylation sites (tertiary alicyclic amines) is 1. The van der Waals surface area contributed by atoms with Crippen LogP contribution in [0.25, 0.3) is 0 Å². The molecule has 0 amide bonds. The van der Waals surface area contributed by atoms with Crippen molar-refractivity contribution in [3.63, 3.8) is 0 Å². The Balaban J connectivity index is 2.00. The molecule has 1 atom stereocenters. The van der Waals surface area contributed by atoms with Crippen LogP contribution in [-0.4, -0.2) is 52.8 Å². The van der Waals surface area contributed by atoms with Gasteiger partial charge in [-0.1, -0.05) is 19.9 Å². The molecule has 1 fully saturated rings. The van der Waals surface area contributed by atoms with Gasteiger partial charge in [0, 0.05) is 31.9 Å². The summed E-state index contributed by atoms with van der Waals surface area (Å²) in [6, 6.07) is 4.59. The molecule has 110 valence electrons. The first kappa shape index (κ1) is 14.9. The Labute approximate surface area is 121 Å². The number of rotatable bonds is 6. The van der Waals surface area contributed by atoms with Crippen LogP contribution in [0, 0.1) is 5.41 Å². The normalized spacial score (nSPS) is 19.6. The number of nitrogens with one attached hydrogen (secondary N) is 1. The number of nitrogen functional groups attached to an aromatic ring is 1. The summed E-state index contributed by atoms with van der Waals surface area (Å²) in [5.74, 6) is 0.0556. The summed E-state index contributed by atoms with van der Waals surface area (Å²) < 4.78 is 0. The molecule has 1 aromatic heterocycles. The van der Waals surface area contributed by atoms with Gasteiger partial charge in [-0.15, -0.1) is 0 Å². The van der Waals surface area contributed by atoms with E-state index in [-0.39, 0.29) is 5.84 Å². The zero-order chi connectivity index (χ0) is 14.5. The van der Waals surface area contributed by atoms with E-state index in [1.165, 1.54) is 6.42 Å². The van der Waals surface area contributed by atoms with Crippen LogP contribution in [0.1, 0.15) is 31.5 Å². The quantitative estimate of drug-likeness (QED) is 0.606. The second kappa shape index (κ2) is 6.81. The minimum atomic E-state index is 0.0556. The van der Waals surface area contributed by atoms with Crippen molar-refractivity contribution in [2.45, 2.75) is 32.9 Å². The number of likely N-dealkylation sites (N-methyl/N-ethyl adjacent to an activating group) is 1. The van der Waals surface area contributed by atoms with Gasteiger partial charge in [-0.3, -0.25) is 20.2 Å². The van der Waals surface area contributed by atoms with Crippen molar-refractivity contribution in [2.75, 3.05) is 26.2 Å². The molecule has 0 spiro atoms. The number of nitrogens with two attached hydrogens (primary N) is 1. The van der Waals surface area contributed by atoms with E-state index in [0.717, 1.165) is 38.3 Å². The number of hydrogen-bond acceptors (Lipinski definition) is 4. The lowest BCUT2D eigenvalue weighted by molar-refractivity contribution is 0.209. The fraction of sp³-hybridized carbons (Fsp3) is 0.600. The molecule has 0 radical (unpaired) electrons. The van der Waals surface area contributed by atoms with E-state index in [1.807, 2.05) is 12.1 Å². The molecule has 5 heteroatoms. The van der Waals surface area contributed by atoms with Crippen LogP contribution < -0.4 is 5.73 Å². The van der Waals surface area contributed by atoms with Gasteiger partial charge in [-0.2, -0.15) is 0 Å². The zero-order valence-corrected chi connectivity index (χ0v) is 12.5. The maximum Gasteiger partial charge on any atom is 0.142 e. The Morgan fingerprint density at radius 2 is 2.25 bits per heavy atom. The smallest absolute Gasteiger partial charge is 0.142 e. The number of amidine groups is 1. The largest absolute Gasteiger partial charge is 0.382 e. The van der Waals surface area contributed by atoms with Gasteiger partial charge in [0.15, 0.2) is 0 Å². The molecular weight excluding hydrogens is 250 g/mol. The van der Waals surface area contributed by atoms with Gasteiger partial charge in [0.25, 0.3) is 0 Å². The van der Waals surface area contributed by atoms with Crippen LogP contribution in [0.2, 0.25) is 0 Å². The zero-order valence-electron chi connectivity index (χ0n) is 12.5. The molecule has 1 aromatic rings. The molecule has 1 aliphatic heterocycles. The van der Waals surface area contributed by atoms with E-state index in [4.69, 9.17) is 11.1 Å². The highest BCUT2D eigenvalue weighted by molar-refractivity contribution is 5.94. The first-order chi connectivity index (χ1) is 9.65. The molecule has 2 rings (SSSR count). The molecule has 0 saturated carbocycles. The summed E-state index contributed by atoms with van der Waals surface area (Å²) in [4.78, 5) is 9.18. The Morgan fingerprint density at radius 1 is 1.50 bits per heavy atom. The molecule has 0 aliphatic carbocycles. The molecule has 20 heavy (non-hydrogen) atoms. The summed E-state index contributed by atoms with van der Waals surface area (Å²) in [6.45, 7) is 9.70. The average molecular weight is 275 g/mol. The van der Waals surface area contributed by atoms with E-state index in [1.54, 1.807) is 6.20 Å². The Morgan fingerprint density at radius 3 is 2.90 bits per heavy atom. The summed E-state index contributed by atoms with van der Waals surface area (Å²) in [5.41, 5.74) is 7.28. The Hall–Kier alpha value is -1.46. The Bertz CT molecular complexity index is 455. The van der Waals surface area contributed by atoms with Gasteiger partial charge in [-0.25, -0.2) is 0 Å². The third-order valence-corrected chi connectivity index (χ3v) is 4.12. The highest BCUT2D eigenvalue weighted by Gasteiger charge is 2.26. The van der Waals surface area contributed by atoms with Crippen LogP contribution in [0.15, 0.2) is 18.3 Å². The predicted octanol–water partition coefficient (Wildman–Crippen LogP) is 1.28. The third-order valence-electron chi connectivity index (χ3n) is 4.12. The average Bonchev–Trinajstić information content (AvgIpc) is 2.89. The van der Waals surface area contributed by atoms with E-state index < -0.39 is 0 Å².